The van der Waals surface area contributed by atoms with E-state index in [0.717, 1.165) is 24.5 Å². The number of carbonyl (C=O) groups is 2. The Balaban J connectivity index is 1.62. The maximum atomic E-state index is 12.6. The van der Waals surface area contributed by atoms with E-state index in [0.29, 0.717) is 31.0 Å². The highest BCUT2D eigenvalue weighted by Crippen LogP contribution is 2.26. The Morgan fingerprint density at radius 2 is 1.65 bits per heavy atom. The number of amides is 2. The van der Waals surface area contributed by atoms with E-state index in [4.69, 9.17) is 12.2 Å². The molecule has 0 saturated carbocycles. The van der Waals surface area contributed by atoms with Crippen molar-refractivity contribution in [3.63, 3.8) is 0 Å². The highest BCUT2D eigenvalue weighted by molar-refractivity contribution is 7.80. The summed E-state index contributed by atoms with van der Waals surface area (Å²) >= 11 is 5.39. The Hall–Kier alpha value is -2.93. The van der Waals surface area contributed by atoms with Crippen LogP contribution in [0, 0.1) is 0 Å². The number of anilines is 2. The van der Waals surface area contributed by atoms with Gasteiger partial charge in [-0.3, -0.25) is 14.9 Å². The molecule has 2 N–H and O–H groups in total. The summed E-state index contributed by atoms with van der Waals surface area (Å²) in [4.78, 5) is 28.6. The zero-order valence-electron chi connectivity index (χ0n) is 18.4. The molecule has 2 amide bonds. The summed E-state index contributed by atoms with van der Waals surface area (Å²) < 4.78 is 0. The van der Waals surface area contributed by atoms with Gasteiger partial charge >= 0.3 is 0 Å². The second kappa shape index (κ2) is 10.4. The van der Waals surface area contributed by atoms with Crippen LogP contribution < -0.4 is 15.5 Å². The minimum absolute atomic E-state index is 0.191. The lowest BCUT2D eigenvalue weighted by atomic mass is 10.0. The van der Waals surface area contributed by atoms with Crippen LogP contribution in [0.2, 0.25) is 0 Å². The van der Waals surface area contributed by atoms with Gasteiger partial charge in [-0.05, 0) is 48.0 Å². The molecule has 0 spiro atoms. The number of rotatable bonds is 5. The molecule has 3 rings (SSSR count). The van der Waals surface area contributed by atoms with E-state index in [-0.39, 0.29) is 16.9 Å². The fraction of sp³-hybridized carbons (Fsp3) is 0.375. The van der Waals surface area contributed by atoms with Crippen LogP contribution in [0.25, 0.3) is 0 Å². The van der Waals surface area contributed by atoms with Crippen LogP contribution in [-0.4, -0.2) is 48.0 Å². The average Bonchev–Trinajstić information content (AvgIpc) is 2.79. The van der Waals surface area contributed by atoms with E-state index in [1.54, 1.807) is 0 Å². The predicted octanol–water partition coefficient (Wildman–Crippen LogP) is 4.00. The van der Waals surface area contributed by atoms with Crippen molar-refractivity contribution in [1.82, 2.24) is 10.2 Å². The minimum Gasteiger partial charge on any atom is -0.366 e. The van der Waals surface area contributed by atoms with Crippen LogP contribution >= 0.6 is 12.2 Å². The maximum Gasteiger partial charge on any atom is 0.257 e. The van der Waals surface area contributed by atoms with E-state index < -0.39 is 0 Å². The van der Waals surface area contributed by atoms with Crippen molar-refractivity contribution in [3.8, 4) is 0 Å². The zero-order valence-corrected chi connectivity index (χ0v) is 19.2. The van der Waals surface area contributed by atoms with Crippen molar-refractivity contribution < 1.29 is 9.59 Å². The molecule has 0 aliphatic carbocycles. The summed E-state index contributed by atoms with van der Waals surface area (Å²) in [5.41, 5.74) is 3.59. The van der Waals surface area contributed by atoms with Gasteiger partial charge in [0.2, 0.25) is 5.91 Å². The van der Waals surface area contributed by atoms with Crippen LogP contribution in [0.5, 0.6) is 0 Å². The molecule has 7 heteroatoms. The minimum atomic E-state index is -0.239. The smallest absolute Gasteiger partial charge is 0.257 e. The molecule has 0 radical (unpaired) electrons. The van der Waals surface area contributed by atoms with Crippen molar-refractivity contribution in [2.75, 3.05) is 36.4 Å². The molecule has 0 aromatic heterocycles. The van der Waals surface area contributed by atoms with Crippen LogP contribution in [0.1, 0.15) is 49.0 Å². The van der Waals surface area contributed by atoms with Crippen molar-refractivity contribution in [1.29, 1.82) is 0 Å². The fourth-order valence-electron chi connectivity index (χ4n) is 3.62. The third-order valence-electron chi connectivity index (χ3n) is 5.49. The number of benzene rings is 2. The molecule has 1 fully saturated rings. The number of thiocarbonyl (C=S) groups is 1. The van der Waals surface area contributed by atoms with E-state index in [9.17, 15) is 9.59 Å². The Labute approximate surface area is 189 Å². The van der Waals surface area contributed by atoms with E-state index in [1.165, 1.54) is 5.56 Å². The first-order valence-electron chi connectivity index (χ1n) is 10.7. The number of hydrogen-bond donors (Lipinski definition) is 2. The highest BCUT2D eigenvalue weighted by Gasteiger charge is 2.22. The monoisotopic (exact) mass is 438 g/mol. The van der Waals surface area contributed by atoms with Gasteiger partial charge in [-0.1, -0.05) is 45.0 Å². The number of nitrogens with zero attached hydrogens (tertiary/aromatic N) is 2. The third kappa shape index (κ3) is 5.82. The van der Waals surface area contributed by atoms with Crippen molar-refractivity contribution in [2.24, 2.45) is 0 Å². The van der Waals surface area contributed by atoms with Gasteiger partial charge in [0.05, 0.1) is 11.4 Å². The molecule has 0 atom stereocenters. The number of piperazine rings is 1. The molecule has 164 valence electrons. The van der Waals surface area contributed by atoms with Crippen molar-refractivity contribution >= 4 is 40.5 Å². The van der Waals surface area contributed by atoms with Gasteiger partial charge < -0.3 is 15.1 Å². The van der Waals surface area contributed by atoms with Gasteiger partial charge in [-0.2, -0.15) is 0 Å². The molecule has 1 saturated heterocycles. The second-order valence-corrected chi connectivity index (χ2v) is 8.33. The predicted molar refractivity (Wildman–Crippen MR) is 130 cm³/mol. The van der Waals surface area contributed by atoms with Gasteiger partial charge in [0, 0.05) is 38.2 Å². The SMILES string of the molecule is CCC(=O)N1CCN(c2ccccc2NC(=S)NC(=O)c2ccc(C(C)C)cc2)CC1. The third-order valence-corrected chi connectivity index (χ3v) is 5.70. The summed E-state index contributed by atoms with van der Waals surface area (Å²) in [6.45, 7) is 9.04. The molecule has 2 aromatic carbocycles. The van der Waals surface area contributed by atoms with Gasteiger partial charge in [0.15, 0.2) is 5.11 Å². The van der Waals surface area contributed by atoms with E-state index in [2.05, 4.69) is 29.4 Å². The first-order valence-corrected chi connectivity index (χ1v) is 11.1. The Morgan fingerprint density at radius 1 is 1.00 bits per heavy atom. The highest BCUT2D eigenvalue weighted by atomic mass is 32.1. The lowest BCUT2D eigenvalue weighted by Crippen LogP contribution is -2.48. The molecular formula is C24H30N4O2S. The number of hydrogen-bond acceptors (Lipinski definition) is 4. The molecular weight excluding hydrogens is 408 g/mol. The first kappa shape index (κ1) is 22.7. The van der Waals surface area contributed by atoms with Crippen LogP contribution in [0.3, 0.4) is 0 Å². The van der Waals surface area contributed by atoms with E-state index in [1.807, 2.05) is 60.4 Å². The largest absolute Gasteiger partial charge is 0.366 e. The van der Waals surface area contributed by atoms with Gasteiger partial charge in [-0.15, -0.1) is 0 Å². The lowest BCUT2D eigenvalue weighted by Gasteiger charge is -2.37. The molecule has 0 bridgehead atoms. The Morgan fingerprint density at radius 3 is 2.26 bits per heavy atom. The Kier molecular flexibility index (Phi) is 7.63. The van der Waals surface area contributed by atoms with Crippen LogP contribution in [-0.2, 0) is 4.79 Å². The molecule has 6 nitrogen and oxygen atoms in total. The normalized spacial score (nSPS) is 13.8. The molecule has 1 heterocycles. The zero-order chi connectivity index (χ0) is 22.4. The molecule has 0 unspecified atom stereocenters. The summed E-state index contributed by atoms with van der Waals surface area (Å²) in [7, 11) is 0. The Bertz CT molecular complexity index is 935. The lowest BCUT2D eigenvalue weighted by molar-refractivity contribution is -0.131. The standard InChI is InChI=1S/C24H30N4O2S/c1-4-22(29)28-15-13-27(14-16-28)21-8-6-5-7-20(21)25-24(31)26-23(30)19-11-9-18(10-12-19)17(2)3/h5-12,17H,4,13-16H2,1-3H3,(H2,25,26,30,31). The van der Waals surface area contributed by atoms with Crippen LogP contribution in [0.4, 0.5) is 11.4 Å². The number of para-hydroxylation sites is 2. The van der Waals surface area contributed by atoms with Crippen molar-refractivity contribution in [2.45, 2.75) is 33.1 Å². The number of nitrogens with one attached hydrogen (secondary N) is 2. The first-order chi connectivity index (χ1) is 14.9. The average molecular weight is 439 g/mol. The topological polar surface area (TPSA) is 64.7 Å². The van der Waals surface area contributed by atoms with Gasteiger partial charge in [0.1, 0.15) is 0 Å². The van der Waals surface area contributed by atoms with Gasteiger partial charge in [0.25, 0.3) is 5.91 Å². The summed E-state index contributed by atoms with van der Waals surface area (Å²) in [5, 5.41) is 6.18. The molecule has 1 aliphatic rings. The summed E-state index contributed by atoms with van der Waals surface area (Å²) in [6.07, 6.45) is 0.534. The van der Waals surface area contributed by atoms with Gasteiger partial charge in [-0.25, -0.2) is 0 Å². The summed E-state index contributed by atoms with van der Waals surface area (Å²) in [6, 6.07) is 15.4. The van der Waals surface area contributed by atoms with Crippen molar-refractivity contribution in [3.05, 3.63) is 59.7 Å². The van der Waals surface area contributed by atoms with E-state index >= 15 is 0 Å². The fourth-order valence-corrected chi connectivity index (χ4v) is 3.83. The number of carbonyl (C=O) groups excluding carboxylic acids is 2. The molecule has 31 heavy (non-hydrogen) atoms. The second-order valence-electron chi connectivity index (χ2n) is 7.92. The van der Waals surface area contributed by atoms with Crippen LogP contribution in [0.15, 0.2) is 48.5 Å². The summed E-state index contributed by atoms with van der Waals surface area (Å²) in [5.74, 6) is 0.367. The molecule has 2 aromatic rings. The molecule has 1 aliphatic heterocycles. The maximum absolute atomic E-state index is 12.6. The quantitative estimate of drug-likeness (QED) is 0.691.